The van der Waals surface area contributed by atoms with Crippen molar-refractivity contribution >= 4 is 0 Å². The van der Waals surface area contributed by atoms with E-state index in [9.17, 15) is 0 Å². The summed E-state index contributed by atoms with van der Waals surface area (Å²) in [6.07, 6.45) is 13.1. The van der Waals surface area contributed by atoms with Gasteiger partial charge in [-0.05, 0) is 85.4 Å². The van der Waals surface area contributed by atoms with Gasteiger partial charge in [-0.3, -0.25) is 0 Å². The lowest BCUT2D eigenvalue weighted by Crippen LogP contribution is -2.04. The number of rotatable bonds is 9. The van der Waals surface area contributed by atoms with Crippen LogP contribution in [0.1, 0.15) is 87.8 Å². The van der Waals surface area contributed by atoms with Gasteiger partial charge >= 0.3 is 0 Å². The molecule has 1 aliphatic carbocycles. The van der Waals surface area contributed by atoms with E-state index in [0.29, 0.717) is 5.92 Å². The molecule has 0 amide bonds. The summed E-state index contributed by atoms with van der Waals surface area (Å²) in [5.41, 5.74) is 5.30. The summed E-state index contributed by atoms with van der Waals surface area (Å²) in [4.78, 5) is 0. The Balaban J connectivity index is 1.50. The third kappa shape index (κ3) is 7.10. The maximum Gasteiger partial charge on any atom is 0.119 e. The Bertz CT molecular complexity index is 846. The Morgan fingerprint density at radius 1 is 0.867 bits per heavy atom. The molecule has 1 aliphatic rings. The number of benzene rings is 2. The van der Waals surface area contributed by atoms with Crippen LogP contribution >= 0.6 is 0 Å². The molecule has 0 saturated heterocycles. The summed E-state index contributed by atoms with van der Waals surface area (Å²) in [7, 11) is 0. The van der Waals surface area contributed by atoms with Gasteiger partial charge < -0.3 is 4.74 Å². The largest absolute Gasteiger partial charge is 0.494 e. The second-order valence-electron chi connectivity index (χ2n) is 8.38. The molecular weight excluding hydrogens is 364 g/mol. The van der Waals surface area contributed by atoms with Gasteiger partial charge in [0.2, 0.25) is 0 Å². The molecule has 1 heteroatoms. The van der Waals surface area contributed by atoms with Crippen LogP contribution in [-0.4, -0.2) is 6.61 Å². The Hall–Kier alpha value is -2.46. The number of allylic oxidation sites excluding steroid dienone is 2. The predicted octanol–water partition coefficient (Wildman–Crippen LogP) is 7.84. The van der Waals surface area contributed by atoms with Crippen molar-refractivity contribution in [2.75, 3.05) is 6.61 Å². The predicted molar refractivity (Wildman–Crippen MR) is 128 cm³/mol. The fourth-order valence-corrected chi connectivity index (χ4v) is 3.91. The molecule has 1 atom stereocenters. The highest BCUT2D eigenvalue weighted by Crippen LogP contribution is 2.32. The molecule has 1 unspecified atom stereocenters. The quantitative estimate of drug-likeness (QED) is 0.308. The number of ether oxygens (including phenoxy) is 1. The summed E-state index contributed by atoms with van der Waals surface area (Å²) >= 11 is 0. The summed E-state index contributed by atoms with van der Waals surface area (Å²) in [5.74, 6) is 8.29. The van der Waals surface area contributed by atoms with Crippen molar-refractivity contribution in [2.45, 2.75) is 77.6 Å². The minimum atomic E-state index is 0.639. The first-order valence-corrected chi connectivity index (χ1v) is 11.8. The van der Waals surface area contributed by atoms with Crippen LogP contribution in [-0.2, 0) is 6.42 Å². The summed E-state index contributed by atoms with van der Waals surface area (Å²) in [6, 6.07) is 17.5. The van der Waals surface area contributed by atoms with Crippen LogP contribution in [0.5, 0.6) is 5.75 Å². The van der Waals surface area contributed by atoms with Crippen LogP contribution < -0.4 is 4.74 Å². The normalized spacial score (nSPS) is 15.8. The molecule has 0 aliphatic heterocycles. The summed E-state index contributed by atoms with van der Waals surface area (Å²) in [6.45, 7) is 5.23. The molecule has 2 aromatic carbocycles. The highest BCUT2D eigenvalue weighted by molar-refractivity contribution is 5.43. The summed E-state index contributed by atoms with van der Waals surface area (Å²) in [5, 5.41) is 0. The highest BCUT2D eigenvalue weighted by atomic mass is 16.5. The minimum absolute atomic E-state index is 0.639. The van der Waals surface area contributed by atoms with E-state index in [1.54, 1.807) is 0 Å². The zero-order valence-corrected chi connectivity index (χ0v) is 18.8. The lowest BCUT2D eigenvalue weighted by Gasteiger charge is -2.20. The average Bonchev–Trinajstić information content (AvgIpc) is 2.80. The van der Waals surface area contributed by atoms with E-state index in [2.05, 4.69) is 68.2 Å². The molecule has 0 aromatic heterocycles. The van der Waals surface area contributed by atoms with Crippen LogP contribution in [0.2, 0.25) is 0 Å². The van der Waals surface area contributed by atoms with Crippen molar-refractivity contribution in [3.8, 4) is 17.6 Å². The third-order valence-electron chi connectivity index (χ3n) is 5.92. The molecule has 0 bridgehead atoms. The summed E-state index contributed by atoms with van der Waals surface area (Å²) < 4.78 is 5.72. The van der Waals surface area contributed by atoms with Crippen molar-refractivity contribution in [1.29, 1.82) is 0 Å². The Kier molecular flexibility index (Phi) is 9.10. The Labute approximate surface area is 183 Å². The molecule has 158 valence electrons. The second-order valence-corrected chi connectivity index (χ2v) is 8.38. The van der Waals surface area contributed by atoms with Crippen LogP contribution in [0.3, 0.4) is 0 Å². The molecule has 2 aromatic rings. The van der Waals surface area contributed by atoms with E-state index in [1.165, 1.54) is 48.8 Å². The molecule has 0 N–H and O–H groups in total. The molecule has 3 rings (SSSR count). The van der Waals surface area contributed by atoms with Crippen LogP contribution in [0.25, 0.3) is 0 Å². The first kappa shape index (κ1) is 22.2. The van der Waals surface area contributed by atoms with Crippen LogP contribution in [0.15, 0.2) is 60.2 Å². The van der Waals surface area contributed by atoms with E-state index in [4.69, 9.17) is 4.74 Å². The van der Waals surface area contributed by atoms with Gasteiger partial charge in [0.1, 0.15) is 5.75 Å². The average molecular weight is 401 g/mol. The third-order valence-corrected chi connectivity index (χ3v) is 5.92. The zero-order valence-electron chi connectivity index (χ0n) is 18.8. The SMILES string of the molecule is CCCCCc1ccc(C2CC=C(C#Cc3ccc(OCCCC)cc3)CC2)cc1. The fourth-order valence-electron chi connectivity index (χ4n) is 3.91. The standard InChI is InChI=1S/C29H36O/c1-3-5-7-8-24-11-17-27(18-12-24)28-19-13-25(14-20-28)9-10-26-15-21-29(22-16-26)30-23-6-4-2/h11-13,15-18,21-22,28H,3-8,14,19-20,23H2,1-2H3. The molecule has 1 nitrogen and oxygen atoms in total. The van der Waals surface area contributed by atoms with Gasteiger partial charge in [-0.15, -0.1) is 0 Å². The maximum atomic E-state index is 5.72. The monoisotopic (exact) mass is 400 g/mol. The van der Waals surface area contributed by atoms with Crippen LogP contribution in [0.4, 0.5) is 0 Å². The number of unbranched alkanes of at least 4 members (excludes halogenated alkanes) is 3. The topological polar surface area (TPSA) is 9.23 Å². The fraction of sp³-hybridized carbons (Fsp3) is 0.448. The van der Waals surface area contributed by atoms with E-state index in [0.717, 1.165) is 43.6 Å². The number of aryl methyl sites for hydroxylation is 1. The number of hydrogen-bond acceptors (Lipinski definition) is 1. The van der Waals surface area contributed by atoms with Crippen LogP contribution in [0, 0.1) is 11.8 Å². The Morgan fingerprint density at radius 2 is 1.63 bits per heavy atom. The lowest BCUT2D eigenvalue weighted by molar-refractivity contribution is 0.309. The molecule has 0 heterocycles. The molecule has 0 radical (unpaired) electrons. The van der Waals surface area contributed by atoms with Gasteiger partial charge in [0, 0.05) is 5.56 Å². The van der Waals surface area contributed by atoms with E-state index in [1.807, 2.05) is 12.1 Å². The minimum Gasteiger partial charge on any atom is -0.494 e. The van der Waals surface area contributed by atoms with Crippen molar-refractivity contribution in [1.82, 2.24) is 0 Å². The molecule has 0 spiro atoms. The second kappa shape index (κ2) is 12.3. The van der Waals surface area contributed by atoms with E-state index in [-0.39, 0.29) is 0 Å². The smallest absolute Gasteiger partial charge is 0.119 e. The van der Waals surface area contributed by atoms with E-state index >= 15 is 0 Å². The van der Waals surface area contributed by atoms with Crippen molar-refractivity contribution < 1.29 is 4.74 Å². The first-order chi connectivity index (χ1) is 14.8. The molecule has 0 saturated carbocycles. The van der Waals surface area contributed by atoms with Gasteiger partial charge in [0.15, 0.2) is 0 Å². The van der Waals surface area contributed by atoms with Gasteiger partial charge in [0.25, 0.3) is 0 Å². The molecule has 0 fully saturated rings. The number of hydrogen-bond donors (Lipinski definition) is 0. The highest BCUT2D eigenvalue weighted by Gasteiger charge is 2.15. The van der Waals surface area contributed by atoms with Gasteiger partial charge in [-0.2, -0.15) is 0 Å². The lowest BCUT2D eigenvalue weighted by atomic mass is 9.84. The van der Waals surface area contributed by atoms with Crippen molar-refractivity contribution in [3.63, 3.8) is 0 Å². The zero-order chi connectivity index (χ0) is 21.0. The Morgan fingerprint density at radius 3 is 2.30 bits per heavy atom. The first-order valence-electron chi connectivity index (χ1n) is 11.8. The van der Waals surface area contributed by atoms with Gasteiger partial charge in [-0.1, -0.05) is 75.3 Å². The van der Waals surface area contributed by atoms with Crippen molar-refractivity contribution in [3.05, 3.63) is 76.9 Å². The molecular formula is C29H36O. The van der Waals surface area contributed by atoms with Gasteiger partial charge in [0.05, 0.1) is 6.61 Å². The van der Waals surface area contributed by atoms with Gasteiger partial charge in [-0.25, -0.2) is 0 Å². The van der Waals surface area contributed by atoms with Crippen molar-refractivity contribution in [2.24, 2.45) is 0 Å². The molecule has 30 heavy (non-hydrogen) atoms. The maximum absolute atomic E-state index is 5.72. The van der Waals surface area contributed by atoms with E-state index < -0.39 is 0 Å².